The summed E-state index contributed by atoms with van der Waals surface area (Å²) in [7, 11) is 0. The predicted molar refractivity (Wildman–Crippen MR) is 85.6 cm³/mol. The van der Waals surface area contributed by atoms with Gasteiger partial charge in [0.15, 0.2) is 5.78 Å². The predicted octanol–water partition coefficient (Wildman–Crippen LogP) is 4.34. The van der Waals surface area contributed by atoms with Gasteiger partial charge in [-0.25, -0.2) is 4.39 Å². The highest BCUT2D eigenvalue weighted by Gasteiger charge is 2.14. The molecule has 3 heteroatoms. The van der Waals surface area contributed by atoms with Crippen LogP contribution in [0.25, 0.3) is 0 Å². The number of hydrogen-bond donors (Lipinski definition) is 0. The minimum Gasteiger partial charge on any atom is -0.294 e. The van der Waals surface area contributed by atoms with Gasteiger partial charge < -0.3 is 0 Å². The second-order valence-electron chi connectivity index (χ2n) is 5.18. The van der Waals surface area contributed by atoms with E-state index in [1.807, 2.05) is 28.7 Å². The maximum Gasteiger partial charge on any atom is 0.168 e. The molecule has 0 atom stereocenters. The number of ketones is 1. The third-order valence-electron chi connectivity index (χ3n) is 3.76. The number of aryl methyl sites for hydroxylation is 2. The first-order valence-corrected chi connectivity index (χ1v) is 7.80. The molecule has 0 unspecified atom stereocenters. The number of benzene rings is 2. The first-order valence-electron chi connectivity index (χ1n) is 6.72. The van der Waals surface area contributed by atoms with Crippen molar-refractivity contribution in [3.63, 3.8) is 0 Å². The Bertz CT molecular complexity index is 679. The zero-order valence-corrected chi connectivity index (χ0v) is 13.1. The van der Waals surface area contributed by atoms with E-state index in [2.05, 4.69) is 12.1 Å². The summed E-state index contributed by atoms with van der Waals surface area (Å²) in [5, 5.41) is 0. The highest BCUT2D eigenvalue weighted by molar-refractivity contribution is 14.1. The number of hydrogen-bond acceptors (Lipinski definition) is 1. The minimum absolute atomic E-state index is 0.0485. The van der Waals surface area contributed by atoms with Crippen LogP contribution in [0.1, 0.15) is 33.5 Å². The Morgan fingerprint density at radius 3 is 2.70 bits per heavy atom. The topological polar surface area (TPSA) is 17.1 Å². The van der Waals surface area contributed by atoms with E-state index in [0.717, 1.165) is 18.4 Å². The lowest BCUT2D eigenvalue weighted by Gasteiger charge is -2.06. The molecule has 0 N–H and O–H groups in total. The molecule has 0 spiro atoms. The molecule has 0 bridgehead atoms. The normalized spacial score (nSPS) is 13.3. The summed E-state index contributed by atoms with van der Waals surface area (Å²) in [5.74, 6) is -0.254. The first kappa shape index (κ1) is 13.7. The average molecular weight is 380 g/mol. The molecule has 0 radical (unpaired) electrons. The Morgan fingerprint density at radius 2 is 1.90 bits per heavy atom. The Morgan fingerprint density at radius 1 is 1.10 bits per heavy atom. The standard InChI is InChI=1S/C17H14FIO/c18-14-6-7-15(16(19)10-14)17(20)9-11-4-5-12-2-1-3-13(12)8-11/h4-8,10H,1-3,9H2. The molecule has 102 valence electrons. The summed E-state index contributed by atoms with van der Waals surface area (Å²) in [5.41, 5.74) is 4.45. The van der Waals surface area contributed by atoms with E-state index in [9.17, 15) is 9.18 Å². The second-order valence-corrected chi connectivity index (χ2v) is 6.34. The molecule has 0 saturated carbocycles. The maximum absolute atomic E-state index is 13.1. The third kappa shape index (κ3) is 2.77. The summed E-state index contributed by atoms with van der Waals surface area (Å²) >= 11 is 2.01. The fourth-order valence-corrected chi connectivity index (χ4v) is 3.51. The van der Waals surface area contributed by atoms with Crippen LogP contribution in [0.3, 0.4) is 0 Å². The van der Waals surface area contributed by atoms with E-state index in [1.54, 1.807) is 6.07 Å². The molecule has 2 aromatic carbocycles. The lowest BCUT2D eigenvalue weighted by molar-refractivity contribution is 0.0992. The van der Waals surface area contributed by atoms with Crippen molar-refractivity contribution < 1.29 is 9.18 Å². The van der Waals surface area contributed by atoms with Crippen molar-refractivity contribution in [2.24, 2.45) is 0 Å². The zero-order valence-electron chi connectivity index (χ0n) is 11.0. The lowest BCUT2D eigenvalue weighted by atomic mass is 9.99. The van der Waals surface area contributed by atoms with Crippen molar-refractivity contribution in [1.82, 2.24) is 0 Å². The molecule has 1 aliphatic rings. The van der Waals surface area contributed by atoms with E-state index >= 15 is 0 Å². The summed E-state index contributed by atoms with van der Waals surface area (Å²) < 4.78 is 13.7. The summed E-state index contributed by atoms with van der Waals surface area (Å²) in [6.07, 6.45) is 3.86. The fourth-order valence-electron chi connectivity index (χ4n) is 2.73. The van der Waals surface area contributed by atoms with Crippen molar-refractivity contribution in [3.8, 4) is 0 Å². The van der Waals surface area contributed by atoms with E-state index in [1.165, 1.54) is 29.7 Å². The molecule has 1 nitrogen and oxygen atoms in total. The van der Waals surface area contributed by atoms with Crippen LogP contribution >= 0.6 is 22.6 Å². The molecule has 1 aliphatic carbocycles. The average Bonchev–Trinajstić information content (AvgIpc) is 2.85. The third-order valence-corrected chi connectivity index (χ3v) is 4.65. The van der Waals surface area contributed by atoms with Crippen LogP contribution in [0.2, 0.25) is 0 Å². The smallest absolute Gasteiger partial charge is 0.168 e. The Labute approximate surface area is 131 Å². The lowest BCUT2D eigenvalue weighted by Crippen LogP contribution is -2.06. The molecular formula is C17H14FIO. The van der Waals surface area contributed by atoms with Crippen LogP contribution < -0.4 is 0 Å². The van der Waals surface area contributed by atoms with Crippen molar-refractivity contribution in [1.29, 1.82) is 0 Å². The molecule has 0 amide bonds. The number of halogens is 2. The molecule has 20 heavy (non-hydrogen) atoms. The Balaban J connectivity index is 1.82. The number of fused-ring (bicyclic) bond motifs is 1. The first-order chi connectivity index (χ1) is 9.63. The zero-order chi connectivity index (χ0) is 14.1. The van der Waals surface area contributed by atoms with Gasteiger partial charge in [-0.05, 0) is 76.7 Å². The Kier molecular flexibility index (Phi) is 3.87. The minimum atomic E-state index is -0.302. The van der Waals surface area contributed by atoms with Crippen molar-refractivity contribution >= 4 is 28.4 Å². The Hall–Kier alpha value is -1.23. The number of Topliss-reactive ketones (excluding diaryl/α,β-unsaturated/α-hetero) is 1. The second kappa shape index (κ2) is 5.64. The van der Waals surface area contributed by atoms with E-state index in [4.69, 9.17) is 0 Å². The SMILES string of the molecule is O=C(Cc1ccc2c(c1)CCC2)c1ccc(F)cc1I. The highest BCUT2D eigenvalue weighted by atomic mass is 127. The van der Waals surface area contributed by atoms with E-state index < -0.39 is 0 Å². The van der Waals surface area contributed by atoms with Crippen LogP contribution in [-0.2, 0) is 19.3 Å². The van der Waals surface area contributed by atoms with Crippen LogP contribution in [-0.4, -0.2) is 5.78 Å². The van der Waals surface area contributed by atoms with Crippen LogP contribution in [0.5, 0.6) is 0 Å². The van der Waals surface area contributed by atoms with Gasteiger partial charge in [-0.2, -0.15) is 0 Å². The van der Waals surface area contributed by atoms with Gasteiger partial charge in [0, 0.05) is 15.6 Å². The van der Waals surface area contributed by atoms with Gasteiger partial charge in [-0.15, -0.1) is 0 Å². The highest BCUT2D eigenvalue weighted by Crippen LogP contribution is 2.24. The number of rotatable bonds is 3. The molecule has 3 rings (SSSR count). The van der Waals surface area contributed by atoms with Gasteiger partial charge in [0.25, 0.3) is 0 Å². The quantitative estimate of drug-likeness (QED) is 0.572. The summed E-state index contributed by atoms with van der Waals surface area (Å²) in [4.78, 5) is 12.3. The maximum atomic E-state index is 13.1. The van der Waals surface area contributed by atoms with Gasteiger partial charge >= 0.3 is 0 Å². The summed E-state index contributed by atoms with van der Waals surface area (Å²) in [6.45, 7) is 0. The van der Waals surface area contributed by atoms with Crippen molar-refractivity contribution in [2.75, 3.05) is 0 Å². The monoisotopic (exact) mass is 380 g/mol. The molecule has 0 saturated heterocycles. The van der Waals surface area contributed by atoms with Gasteiger partial charge in [0.2, 0.25) is 0 Å². The van der Waals surface area contributed by atoms with Crippen LogP contribution in [0, 0.1) is 9.39 Å². The number of carbonyl (C=O) groups is 1. The molecule has 0 aliphatic heterocycles. The van der Waals surface area contributed by atoms with Gasteiger partial charge in [0.1, 0.15) is 5.82 Å². The summed E-state index contributed by atoms with van der Waals surface area (Å²) in [6, 6.07) is 10.6. The molecule has 0 fully saturated rings. The molecular weight excluding hydrogens is 366 g/mol. The van der Waals surface area contributed by atoms with Crippen molar-refractivity contribution in [3.05, 3.63) is 68.0 Å². The van der Waals surface area contributed by atoms with Crippen molar-refractivity contribution in [2.45, 2.75) is 25.7 Å². The molecule has 2 aromatic rings. The fraction of sp³-hybridized carbons (Fsp3) is 0.235. The van der Waals surface area contributed by atoms with Gasteiger partial charge in [-0.3, -0.25) is 4.79 Å². The van der Waals surface area contributed by atoms with Crippen LogP contribution in [0.4, 0.5) is 4.39 Å². The van der Waals surface area contributed by atoms with Gasteiger partial charge in [0.05, 0.1) is 0 Å². The molecule has 0 aromatic heterocycles. The number of carbonyl (C=O) groups excluding carboxylic acids is 1. The molecule has 0 heterocycles. The largest absolute Gasteiger partial charge is 0.294 e. The van der Waals surface area contributed by atoms with E-state index in [0.29, 0.717) is 15.6 Å². The van der Waals surface area contributed by atoms with E-state index in [-0.39, 0.29) is 11.6 Å². The van der Waals surface area contributed by atoms with Gasteiger partial charge in [-0.1, -0.05) is 18.2 Å². The van der Waals surface area contributed by atoms with Crippen LogP contribution in [0.15, 0.2) is 36.4 Å².